The van der Waals surface area contributed by atoms with E-state index in [0.717, 1.165) is 36.3 Å². The van der Waals surface area contributed by atoms with Gasteiger partial charge in [0.15, 0.2) is 0 Å². The van der Waals surface area contributed by atoms with E-state index < -0.39 is 0 Å². The molecule has 0 atom stereocenters. The molecule has 0 spiro atoms. The van der Waals surface area contributed by atoms with E-state index in [4.69, 9.17) is 10.5 Å². The lowest BCUT2D eigenvalue weighted by molar-refractivity contribution is 0.317. The topological polar surface area (TPSA) is 57.2 Å². The van der Waals surface area contributed by atoms with Crippen LogP contribution in [-0.2, 0) is 6.54 Å². The molecule has 0 amide bonds. The monoisotopic (exact) mass is 300 g/mol. The summed E-state index contributed by atoms with van der Waals surface area (Å²) in [7, 11) is 0. The minimum atomic E-state index is -0.114. The first-order chi connectivity index (χ1) is 10.7. The van der Waals surface area contributed by atoms with E-state index in [-0.39, 0.29) is 5.56 Å². The Kier molecular flexibility index (Phi) is 5.64. The van der Waals surface area contributed by atoms with Crippen LogP contribution in [0.25, 0.3) is 11.3 Å². The summed E-state index contributed by atoms with van der Waals surface area (Å²) in [6.07, 6.45) is 2.97. The van der Waals surface area contributed by atoms with Crippen molar-refractivity contribution >= 4 is 5.69 Å². The van der Waals surface area contributed by atoms with Gasteiger partial charge in [-0.15, -0.1) is 0 Å². The molecule has 2 rings (SSSR count). The summed E-state index contributed by atoms with van der Waals surface area (Å²) in [6.45, 7) is 5.58. The van der Waals surface area contributed by atoms with E-state index in [1.807, 2.05) is 30.3 Å². The number of ether oxygens (including phenoxy) is 1. The first-order valence-corrected chi connectivity index (χ1v) is 7.90. The second-order valence-corrected chi connectivity index (χ2v) is 5.36. The first kappa shape index (κ1) is 16.1. The van der Waals surface area contributed by atoms with Gasteiger partial charge < -0.3 is 15.0 Å². The molecule has 0 aliphatic rings. The molecule has 0 fully saturated rings. The molecule has 0 saturated carbocycles. The van der Waals surface area contributed by atoms with Crippen LogP contribution in [0.15, 0.2) is 41.2 Å². The van der Waals surface area contributed by atoms with Crippen LogP contribution in [0.4, 0.5) is 5.69 Å². The smallest absolute Gasteiger partial charge is 0.274 e. The summed E-state index contributed by atoms with van der Waals surface area (Å²) in [4.78, 5) is 12.3. The van der Waals surface area contributed by atoms with Crippen LogP contribution < -0.4 is 16.0 Å². The average Bonchev–Trinajstić information content (AvgIpc) is 2.55. The van der Waals surface area contributed by atoms with Gasteiger partial charge in [-0.1, -0.05) is 20.3 Å². The number of benzene rings is 1. The second kappa shape index (κ2) is 7.69. The molecule has 118 valence electrons. The summed E-state index contributed by atoms with van der Waals surface area (Å²) in [5.41, 5.74) is 7.84. The molecule has 4 heteroatoms. The van der Waals surface area contributed by atoms with Gasteiger partial charge in [-0.3, -0.25) is 4.79 Å². The molecule has 0 aliphatic heterocycles. The standard InChI is InChI=1S/C18H24N2O2/c1-3-5-12-20-17(11-10-16(19)18(20)21)14-6-8-15(9-7-14)22-13-4-2/h6-11H,3-5,12-13,19H2,1-2H3. The largest absolute Gasteiger partial charge is 0.494 e. The predicted octanol–water partition coefficient (Wildman–Crippen LogP) is 3.69. The number of anilines is 1. The Morgan fingerprint density at radius 2 is 1.77 bits per heavy atom. The molecule has 0 aliphatic carbocycles. The number of hydrogen-bond acceptors (Lipinski definition) is 3. The number of unbranched alkanes of at least 4 members (excludes halogenated alkanes) is 1. The summed E-state index contributed by atoms with van der Waals surface area (Å²) >= 11 is 0. The predicted molar refractivity (Wildman–Crippen MR) is 91.2 cm³/mol. The molecule has 2 N–H and O–H groups in total. The van der Waals surface area contributed by atoms with Crippen molar-refractivity contribution in [3.63, 3.8) is 0 Å². The Balaban J connectivity index is 2.35. The van der Waals surface area contributed by atoms with Crippen LogP contribution in [0.2, 0.25) is 0 Å². The SMILES string of the molecule is CCCCn1c(-c2ccc(OCCC)cc2)ccc(N)c1=O. The highest BCUT2D eigenvalue weighted by Crippen LogP contribution is 2.22. The van der Waals surface area contributed by atoms with Gasteiger partial charge in [-0.05, 0) is 54.8 Å². The third kappa shape index (κ3) is 3.70. The van der Waals surface area contributed by atoms with Crippen molar-refractivity contribution in [2.45, 2.75) is 39.7 Å². The van der Waals surface area contributed by atoms with E-state index in [1.54, 1.807) is 10.6 Å². The van der Waals surface area contributed by atoms with Crippen LogP contribution in [0.3, 0.4) is 0 Å². The highest BCUT2D eigenvalue weighted by Gasteiger charge is 2.09. The first-order valence-electron chi connectivity index (χ1n) is 7.90. The van der Waals surface area contributed by atoms with E-state index in [0.29, 0.717) is 18.8 Å². The van der Waals surface area contributed by atoms with Crippen LogP contribution in [0, 0.1) is 0 Å². The highest BCUT2D eigenvalue weighted by molar-refractivity contribution is 5.62. The van der Waals surface area contributed by atoms with Crippen molar-refractivity contribution in [1.82, 2.24) is 4.57 Å². The molecule has 4 nitrogen and oxygen atoms in total. The summed E-state index contributed by atoms with van der Waals surface area (Å²) < 4.78 is 7.36. The van der Waals surface area contributed by atoms with Crippen molar-refractivity contribution < 1.29 is 4.74 Å². The quantitative estimate of drug-likeness (QED) is 0.848. The Morgan fingerprint density at radius 1 is 1.05 bits per heavy atom. The normalized spacial score (nSPS) is 10.6. The molecule has 1 aromatic heterocycles. The Bertz CT molecular complexity index is 660. The van der Waals surface area contributed by atoms with Gasteiger partial charge in [-0.2, -0.15) is 0 Å². The number of nitrogen functional groups attached to an aromatic ring is 1. The molecular weight excluding hydrogens is 276 g/mol. The molecule has 22 heavy (non-hydrogen) atoms. The Hall–Kier alpha value is -2.23. The Morgan fingerprint density at radius 3 is 2.41 bits per heavy atom. The maximum Gasteiger partial charge on any atom is 0.274 e. The Labute approximate surface area is 131 Å². The molecule has 1 aromatic carbocycles. The summed E-state index contributed by atoms with van der Waals surface area (Å²) in [5.74, 6) is 0.850. The lowest BCUT2D eigenvalue weighted by atomic mass is 10.1. The fourth-order valence-electron chi connectivity index (χ4n) is 2.33. The lowest BCUT2D eigenvalue weighted by Gasteiger charge is -2.14. The van der Waals surface area contributed by atoms with E-state index in [1.165, 1.54) is 0 Å². The molecule has 1 heterocycles. The van der Waals surface area contributed by atoms with Gasteiger partial charge >= 0.3 is 0 Å². The van der Waals surface area contributed by atoms with Gasteiger partial charge in [0.1, 0.15) is 5.75 Å². The summed E-state index contributed by atoms with van der Waals surface area (Å²) in [5, 5.41) is 0. The fourth-order valence-corrected chi connectivity index (χ4v) is 2.33. The third-order valence-electron chi connectivity index (χ3n) is 3.56. The maximum atomic E-state index is 12.3. The van der Waals surface area contributed by atoms with E-state index in [2.05, 4.69) is 13.8 Å². The minimum absolute atomic E-state index is 0.114. The second-order valence-electron chi connectivity index (χ2n) is 5.36. The van der Waals surface area contributed by atoms with Crippen molar-refractivity contribution in [2.24, 2.45) is 0 Å². The zero-order valence-corrected chi connectivity index (χ0v) is 13.3. The minimum Gasteiger partial charge on any atom is -0.494 e. The number of rotatable bonds is 7. The van der Waals surface area contributed by atoms with Crippen LogP contribution in [0.1, 0.15) is 33.1 Å². The van der Waals surface area contributed by atoms with Gasteiger partial charge in [0, 0.05) is 6.54 Å². The molecule has 2 aromatic rings. The van der Waals surface area contributed by atoms with Gasteiger partial charge in [0.2, 0.25) is 0 Å². The lowest BCUT2D eigenvalue weighted by Crippen LogP contribution is -2.24. The van der Waals surface area contributed by atoms with Gasteiger partial charge in [-0.25, -0.2) is 0 Å². The number of hydrogen-bond donors (Lipinski definition) is 1. The summed E-state index contributed by atoms with van der Waals surface area (Å²) in [6, 6.07) is 11.4. The van der Waals surface area contributed by atoms with E-state index in [9.17, 15) is 4.79 Å². The highest BCUT2D eigenvalue weighted by atomic mass is 16.5. The maximum absolute atomic E-state index is 12.3. The zero-order chi connectivity index (χ0) is 15.9. The molecule has 0 radical (unpaired) electrons. The van der Waals surface area contributed by atoms with E-state index >= 15 is 0 Å². The van der Waals surface area contributed by atoms with Crippen LogP contribution >= 0.6 is 0 Å². The van der Waals surface area contributed by atoms with Crippen molar-refractivity contribution in [3.05, 3.63) is 46.8 Å². The number of nitrogens with zero attached hydrogens (tertiary/aromatic N) is 1. The molecule has 0 unspecified atom stereocenters. The number of nitrogens with two attached hydrogens (primary N) is 1. The molecular formula is C18H24N2O2. The van der Waals surface area contributed by atoms with Gasteiger partial charge in [0.05, 0.1) is 18.0 Å². The number of aromatic nitrogens is 1. The number of pyridine rings is 1. The third-order valence-corrected chi connectivity index (χ3v) is 3.56. The van der Waals surface area contributed by atoms with Crippen LogP contribution in [-0.4, -0.2) is 11.2 Å². The molecule has 0 saturated heterocycles. The van der Waals surface area contributed by atoms with Gasteiger partial charge in [0.25, 0.3) is 5.56 Å². The van der Waals surface area contributed by atoms with Crippen molar-refractivity contribution in [3.8, 4) is 17.0 Å². The van der Waals surface area contributed by atoms with Crippen LogP contribution in [0.5, 0.6) is 5.75 Å². The molecule has 0 bridgehead atoms. The fraction of sp³-hybridized carbons (Fsp3) is 0.389. The van der Waals surface area contributed by atoms with Crippen molar-refractivity contribution in [2.75, 3.05) is 12.3 Å². The average molecular weight is 300 g/mol. The zero-order valence-electron chi connectivity index (χ0n) is 13.3. The van der Waals surface area contributed by atoms with Crippen molar-refractivity contribution in [1.29, 1.82) is 0 Å².